The second-order valence-corrected chi connectivity index (χ2v) is 6.93. The maximum atomic E-state index is 13.0. The number of hydrogen-bond donors (Lipinski definition) is 0. The monoisotopic (exact) mass is 448 g/mol. The number of hydrogen-bond acceptors (Lipinski definition) is 4. The molecule has 0 radical (unpaired) electrons. The Morgan fingerprint density at radius 3 is 2.46 bits per heavy atom. The van der Waals surface area contributed by atoms with Gasteiger partial charge in [-0.1, -0.05) is 23.7 Å². The summed E-state index contributed by atoms with van der Waals surface area (Å²) in [7, 11) is 0. The van der Waals surface area contributed by atoms with Crippen molar-refractivity contribution in [1.29, 1.82) is 0 Å². The summed E-state index contributed by atoms with van der Waals surface area (Å²) in [6, 6.07) is 6.52. The fourth-order valence-electron chi connectivity index (χ4n) is 2.45. The first-order valence-electron chi connectivity index (χ1n) is 7.55. The van der Waals surface area contributed by atoms with Gasteiger partial charge >= 0.3 is 6.18 Å². The Kier molecular flexibility index (Phi) is 5.12. The summed E-state index contributed by atoms with van der Waals surface area (Å²) < 4.78 is 45.8. The van der Waals surface area contributed by atoms with Crippen LogP contribution in [0.1, 0.15) is 41.7 Å². The maximum Gasteiger partial charge on any atom is 0.436 e. The molecule has 1 atom stereocenters. The molecule has 5 nitrogen and oxygen atoms in total. The van der Waals surface area contributed by atoms with E-state index in [2.05, 4.69) is 31.2 Å². The van der Waals surface area contributed by atoms with Crippen LogP contribution in [-0.2, 0) is 12.6 Å². The molecule has 0 spiro atoms. The molecule has 0 aliphatic rings. The third kappa shape index (κ3) is 3.78. The van der Waals surface area contributed by atoms with Crippen LogP contribution in [0.5, 0.6) is 0 Å². The molecular weight excluding hydrogens is 437 g/mol. The van der Waals surface area contributed by atoms with Gasteiger partial charge in [0.15, 0.2) is 5.69 Å². The minimum absolute atomic E-state index is 0.0993. The zero-order valence-electron chi connectivity index (χ0n) is 13.7. The Morgan fingerprint density at radius 1 is 1.23 bits per heavy atom. The Hall–Kier alpha value is -1.87. The van der Waals surface area contributed by atoms with Crippen molar-refractivity contribution in [3.05, 3.63) is 62.5 Å². The van der Waals surface area contributed by atoms with E-state index in [-0.39, 0.29) is 10.4 Å². The lowest BCUT2D eigenvalue weighted by Gasteiger charge is -2.09. The smallest absolute Gasteiger partial charge is 0.423 e. The molecular formula is C16H13BrClF3N4O. The predicted octanol–water partition coefficient (Wildman–Crippen LogP) is 5.21. The fourth-order valence-corrected chi connectivity index (χ4v) is 3.06. The molecule has 0 aliphatic carbocycles. The van der Waals surface area contributed by atoms with Gasteiger partial charge in [0.25, 0.3) is 0 Å². The SMILES string of the molecule is Cc1c(Br)c(C(F)(F)F)nn1C(C)c1nnc(Cc2ccc(Cl)cc2)o1. The maximum absolute atomic E-state index is 13.0. The highest BCUT2D eigenvalue weighted by Crippen LogP contribution is 2.37. The first-order valence-corrected chi connectivity index (χ1v) is 8.72. The van der Waals surface area contributed by atoms with Crippen LogP contribution in [0.2, 0.25) is 5.02 Å². The molecule has 138 valence electrons. The van der Waals surface area contributed by atoms with Crippen molar-refractivity contribution in [3.63, 3.8) is 0 Å². The molecule has 1 unspecified atom stereocenters. The molecule has 26 heavy (non-hydrogen) atoms. The Labute approximate surface area is 160 Å². The lowest BCUT2D eigenvalue weighted by atomic mass is 10.1. The van der Waals surface area contributed by atoms with Crippen LogP contribution in [0.25, 0.3) is 0 Å². The van der Waals surface area contributed by atoms with Gasteiger partial charge in [0.2, 0.25) is 11.8 Å². The second kappa shape index (κ2) is 7.03. The largest absolute Gasteiger partial charge is 0.436 e. The second-order valence-electron chi connectivity index (χ2n) is 5.70. The zero-order valence-corrected chi connectivity index (χ0v) is 16.0. The summed E-state index contributed by atoms with van der Waals surface area (Å²) in [5, 5.41) is 12.2. The van der Waals surface area contributed by atoms with Gasteiger partial charge in [0, 0.05) is 5.02 Å². The quantitative estimate of drug-likeness (QED) is 0.549. The molecule has 2 heterocycles. The van der Waals surface area contributed by atoms with Gasteiger partial charge < -0.3 is 4.42 Å². The lowest BCUT2D eigenvalue weighted by molar-refractivity contribution is -0.142. The molecule has 0 aliphatic heterocycles. The van der Waals surface area contributed by atoms with E-state index in [0.29, 0.717) is 23.0 Å². The first kappa shape index (κ1) is 18.9. The fraction of sp³-hybridized carbons (Fsp3) is 0.312. The summed E-state index contributed by atoms with van der Waals surface area (Å²) in [4.78, 5) is 0. The topological polar surface area (TPSA) is 56.7 Å². The van der Waals surface area contributed by atoms with E-state index >= 15 is 0 Å². The van der Waals surface area contributed by atoms with Crippen molar-refractivity contribution < 1.29 is 17.6 Å². The number of aromatic nitrogens is 4. The highest BCUT2D eigenvalue weighted by Gasteiger charge is 2.38. The van der Waals surface area contributed by atoms with Crippen molar-refractivity contribution in [2.75, 3.05) is 0 Å². The van der Waals surface area contributed by atoms with Crippen LogP contribution in [0, 0.1) is 6.92 Å². The summed E-state index contributed by atoms with van der Waals surface area (Å²) in [5.41, 5.74) is 0.264. The van der Waals surface area contributed by atoms with Crippen LogP contribution in [0.3, 0.4) is 0 Å². The summed E-state index contributed by atoms with van der Waals surface area (Å²) >= 11 is 8.80. The van der Waals surface area contributed by atoms with Crippen LogP contribution in [-0.4, -0.2) is 20.0 Å². The van der Waals surface area contributed by atoms with Gasteiger partial charge in [-0.15, -0.1) is 10.2 Å². The van der Waals surface area contributed by atoms with Gasteiger partial charge in [0.1, 0.15) is 6.04 Å². The van der Waals surface area contributed by atoms with Crippen molar-refractivity contribution in [2.24, 2.45) is 0 Å². The van der Waals surface area contributed by atoms with Gasteiger partial charge in [-0.3, -0.25) is 4.68 Å². The molecule has 10 heteroatoms. The molecule has 1 aromatic carbocycles. The van der Waals surface area contributed by atoms with Crippen molar-refractivity contribution >= 4 is 27.5 Å². The third-order valence-electron chi connectivity index (χ3n) is 3.82. The average molecular weight is 450 g/mol. The minimum Gasteiger partial charge on any atom is -0.423 e. The summed E-state index contributed by atoms with van der Waals surface area (Å²) in [6.07, 6.45) is -4.16. The van der Waals surface area contributed by atoms with E-state index in [1.165, 1.54) is 11.6 Å². The number of rotatable bonds is 4. The van der Waals surface area contributed by atoms with Crippen LogP contribution < -0.4 is 0 Å². The van der Waals surface area contributed by atoms with E-state index < -0.39 is 17.9 Å². The minimum atomic E-state index is -4.55. The Morgan fingerprint density at radius 2 is 1.88 bits per heavy atom. The molecule has 0 saturated carbocycles. The zero-order chi connectivity index (χ0) is 19.1. The number of benzene rings is 1. The van der Waals surface area contributed by atoms with Crippen LogP contribution >= 0.6 is 27.5 Å². The van der Waals surface area contributed by atoms with E-state index in [9.17, 15) is 13.2 Å². The van der Waals surface area contributed by atoms with E-state index in [0.717, 1.165) is 5.56 Å². The Bertz CT molecular complexity index is 921. The molecule has 0 amide bonds. The standard InChI is InChI=1S/C16H13BrClF3N4O/c1-8-13(17)14(16(19,20)21)24-25(8)9(2)15-23-22-12(26-15)7-10-3-5-11(18)6-4-10/h3-6,9H,7H2,1-2H3. The van der Waals surface area contributed by atoms with Gasteiger partial charge in [0.05, 0.1) is 16.6 Å². The number of halogens is 5. The highest BCUT2D eigenvalue weighted by molar-refractivity contribution is 9.10. The van der Waals surface area contributed by atoms with Gasteiger partial charge in [-0.05, 0) is 47.5 Å². The number of nitrogens with zero attached hydrogens (tertiary/aromatic N) is 4. The van der Waals surface area contributed by atoms with Crippen molar-refractivity contribution in [2.45, 2.75) is 32.5 Å². The van der Waals surface area contributed by atoms with Crippen LogP contribution in [0.15, 0.2) is 33.2 Å². The third-order valence-corrected chi connectivity index (χ3v) is 5.02. The molecule has 0 bridgehead atoms. The van der Waals surface area contributed by atoms with Crippen LogP contribution in [0.4, 0.5) is 13.2 Å². The van der Waals surface area contributed by atoms with E-state index in [4.69, 9.17) is 16.0 Å². The first-order chi connectivity index (χ1) is 12.2. The molecule has 0 N–H and O–H groups in total. The predicted molar refractivity (Wildman–Crippen MR) is 92.0 cm³/mol. The van der Waals surface area contributed by atoms with E-state index in [1.54, 1.807) is 19.1 Å². The summed E-state index contributed by atoms with van der Waals surface area (Å²) in [5.74, 6) is 0.537. The molecule has 0 saturated heterocycles. The van der Waals surface area contributed by atoms with E-state index in [1.807, 2.05) is 12.1 Å². The number of alkyl halides is 3. The Balaban J connectivity index is 1.84. The van der Waals surface area contributed by atoms with Gasteiger partial charge in [-0.2, -0.15) is 18.3 Å². The molecule has 0 fully saturated rings. The highest BCUT2D eigenvalue weighted by atomic mass is 79.9. The summed E-state index contributed by atoms with van der Waals surface area (Å²) in [6.45, 7) is 3.18. The lowest BCUT2D eigenvalue weighted by Crippen LogP contribution is -2.13. The molecule has 3 rings (SSSR count). The molecule has 3 aromatic rings. The average Bonchev–Trinajstić information content (AvgIpc) is 3.15. The normalized spacial score (nSPS) is 13.2. The van der Waals surface area contributed by atoms with Gasteiger partial charge in [-0.25, -0.2) is 0 Å². The van der Waals surface area contributed by atoms with Crippen molar-refractivity contribution in [1.82, 2.24) is 20.0 Å². The molecule has 2 aromatic heterocycles. The van der Waals surface area contributed by atoms with Crippen molar-refractivity contribution in [3.8, 4) is 0 Å².